The molecule has 1 saturated carbocycles. The van der Waals surface area contributed by atoms with Gasteiger partial charge in [0, 0.05) is 44.1 Å². The van der Waals surface area contributed by atoms with Gasteiger partial charge >= 0.3 is 5.69 Å². The van der Waals surface area contributed by atoms with Crippen LogP contribution >= 0.6 is 0 Å². The Morgan fingerprint density at radius 3 is 2.21 bits per heavy atom. The van der Waals surface area contributed by atoms with Crippen LogP contribution in [0.2, 0.25) is 0 Å². The molecule has 2 saturated heterocycles. The molecule has 1 amide bonds. The van der Waals surface area contributed by atoms with Crippen LogP contribution in [0.15, 0.2) is 39.9 Å². The van der Waals surface area contributed by atoms with Crippen LogP contribution in [0.1, 0.15) is 18.4 Å². The van der Waals surface area contributed by atoms with Crippen molar-refractivity contribution >= 4 is 11.7 Å². The maximum absolute atomic E-state index is 13.2. The zero-order valence-electron chi connectivity index (χ0n) is 15.3. The number of fused-ring (bicyclic) bond motifs is 1. The van der Waals surface area contributed by atoms with Crippen LogP contribution in [0.5, 0.6) is 0 Å². The fourth-order valence-electron chi connectivity index (χ4n) is 4.80. The summed E-state index contributed by atoms with van der Waals surface area (Å²) in [6.45, 7) is 2.77. The SMILES string of the molecule is O=C(N1CC2CN(c3cc(=O)[nH]c(=O)[nH]3)CC2C1)C1(c2ccc(F)cc2)CC1. The first-order valence-electron chi connectivity index (χ1n) is 9.59. The van der Waals surface area contributed by atoms with Crippen molar-refractivity contribution in [1.82, 2.24) is 14.9 Å². The number of carbonyl (C=O) groups excluding carboxylic acids is 1. The predicted molar refractivity (Wildman–Crippen MR) is 101 cm³/mol. The van der Waals surface area contributed by atoms with E-state index in [1.54, 1.807) is 12.1 Å². The lowest BCUT2D eigenvalue weighted by molar-refractivity contribution is -0.133. The maximum Gasteiger partial charge on any atom is 0.327 e. The number of rotatable bonds is 3. The molecule has 1 aliphatic carbocycles. The number of aromatic amines is 2. The van der Waals surface area contributed by atoms with E-state index in [0.717, 1.165) is 18.4 Å². The summed E-state index contributed by atoms with van der Waals surface area (Å²) in [6.07, 6.45) is 1.62. The Hall–Kier alpha value is -2.90. The molecule has 8 heteroatoms. The van der Waals surface area contributed by atoms with Crippen LogP contribution in [0, 0.1) is 17.7 Å². The van der Waals surface area contributed by atoms with E-state index in [4.69, 9.17) is 0 Å². The summed E-state index contributed by atoms with van der Waals surface area (Å²) in [5.74, 6) is 1.02. The highest BCUT2D eigenvalue weighted by atomic mass is 19.1. The molecule has 0 radical (unpaired) electrons. The van der Waals surface area contributed by atoms with Gasteiger partial charge in [0.05, 0.1) is 5.41 Å². The Morgan fingerprint density at radius 1 is 1.00 bits per heavy atom. The number of hydrogen-bond acceptors (Lipinski definition) is 4. The van der Waals surface area contributed by atoms with Crippen molar-refractivity contribution in [3.63, 3.8) is 0 Å². The zero-order chi connectivity index (χ0) is 19.5. The molecule has 28 heavy (non-hydrogen) atoms. The number of anilines is 1. The minimum Gasteiger partial charge on any atom is -0.357 e. The third-order valence-corrected chi connectivity index (χ3v) is 6.42. The quantitative estimate of drug-likeness (QED) is 0.820. The molecule has 2 aromatic rings. The van der Waals surface area contributed by atoms with Crippen LogP contribution in [0.4, 0.5) is 10.2 Å². The fraction of sp³-hybridized carbons (Fsp3) is 0.450. The van der Waals surface area contributed by atoms with Crippen LogP contribution < -0.4 is 16.1 Å². The van der Waals surface area contributed by atoms with E-state index in [1.807, 2.05) is 9.80 Å². The monoisotopic (exact) mass is 384 g/mol. The molecule has 1 aromatic carbocycles. The normalized spacial score (nSPS) is 25.0. The van der Waals surface area contributed by atoms with E-state index >= 15 is 0 Å². The van der Waals surface area contributed by atoms with Gasteiger partial charge in [0.25, 0.3) is 5.56 Å². The maximum atomic E-state index is 13.2. The van der Waals surface area contributed by atoms with E-state index in [9.17, 15) is 18.8 Å². The van der Waals surface area contributed by atoms with Gasteiger partial charge in [-0.25, -0.2) is 9.18 Å². The van der Waals surface area contributed by atoms with Gasteiger partial charge in [0.1, 0.15) is 11.6 Å². The van der Waals surface area contributed by atoms with E-state index < -0.39 is 16.7 Å². The predicted octanol–water partition coefficient (Wildman–Crippen LogP) is 0.829. The highest BCUT2D eigenvalue weighted by Crippen LogP contribution is 2.50. The number of benzene rings is 1. The summed E-state index contributed by atoms with van der Waals surface area (Å²) in [5, 5.41) is 0. The number of likely N-dealkylation sites (tertiary alicyclic amines) is 1. The molecule has 3 heterocycles. The number of nitrogens with zero attached hydrogens (tertiary/aromatic N) is 2. The summed E-state index contributed by atoms with van der Waals surface area (Å²) >= 11 is 0. The summed E-state index contributed by atoms with van der Waals surface area (Å²) < 4.78 is 13.2. The Balaban J connectivity index is 1.29. The largest absolute Gasteiger partial charge is 0.357 e. The zero-order valence-corrected chi connectivity index (χ0v) is 15.3. The van der Waals surface area contributed by atoms with Crippen LogP contribution in [-0.4, -0.2) is 47.0 Å². The standard InChI is InChI=1S/C20H21FN4O3/c21-15-3-1-14(2-4-15)20(5-6-20)18(27)25-10-12-8-24(9-13(12)11-25)16-7-17(26)23-19(28)22-16/h1-4,7,12-13H,5-6,8-11H2,(H2,22,23,26,28). The Morgan fingerprint density at radius 2 is 1.64 bits per heavy atom. The second kappa shape index (κ2) is 6.05. The highest BCUT2D eigenvalue weighted by molar-refractivity contribution is 5.91. The number of hydrogen-bond donors (Lipinski definition) is 2. The summed E-state index contributed by atoms with van der Waals surface area (Å²) in [4.78, 5) is 45.1. The first-order chi connectivity index (χ1) is 13.4. The molecule has 146 valence electrons. The van der Waals surface area contributed by atoms with E-state index in [-0.39, 0.29) is 11.7 Å². The minimum atomic E-state index is -0.508. The van der Waals surface area contributed by atoms with Gasteiger partial charge in [-0.15, -0.1) is 0 Å². The van der Waals surface area contributed by atoms with Crippen molar-refractivity contribution in [3.8, 4) is 0 Å². The number of halogens is 1. The molecule has 7 nitrogen and oxygen atoms in total. The van der Waals surface area contributed by atoms with Gasteiger partial charge in [-0.2, -0.15) is 0 Å². The van der Waals surface area contributed by atoms with Gasteiger partial charge in [0.2, 0.25) is 5.91 Å². The molecule has 0 bridgehead atoms. The number of carbonyl (C=O) groups is 1. The first-order valence-corrected chi connectivity index (χ1v) is 9.59. The lowest BCUT2D eigenvalue weighted by atomic mass is 9.94. The average Bonchev–Trinajstić information content (AvgIpc) is 3.21. The molecule has 3 aliphatic rings. The van der Waals surface area contributed by atoms with Gasteiger partial charge < -0.3 is 9.80 Å². The molecule has 5 rings (SSSR count). The molecule has 2 unspecified atom stereocenters. The highest BCUT2D eigenvalue weighted by Gasteiger charge is 2.55. The van der Waals surface area contributed by atoms with Crippen molar-refractivity contribution in [2.75, 3.05) is 31.1 Å². The van der Waals surface area contributed by atoms with E-state index in [1.165, 1.54) is 18.2 Å². The van der Waals surface area contributed by atoms with Crippen molar-refractivity contribution < 1.29 is 9.18 Å². The first kappa shape index (κ1) is 17.2. The lowest BCUT2D eigenvalue weighted by Crippen LogP contribution is -2.40. The van der Waals surface area contributed by atoms with Crippen LogP contribution in [0.3, 0.4) is 0 Å². The molecule has 2 N–H and O–H groups in total. The Labute approximate surface area is 160 Å². The third kappa shape index (κ3) is 2.75. The smallest absolute Gasteiger partial charge is 0.327 e. The molecule has 0 spiro atoms. The molecule has 2 aliphatic heterocycles. The second-order valence-electron chi connectivity index (χ2n) is 8.20. The molecule has 2 atom stereocenters. The number of nitrogens with one attached hydrogen (secondary N) is 2. The van der Waals surface area contributed by atoms with Crippen molar-refractivity contribution in [3.05, 3.63) is 62.6 Å². The second-order valence-corrected chi connectivity index (χ2v) is 8.20. The minimum absolute atomic E-state index is 0.143. The van der Waals surface area contributed by atoms with Crippen molar-refractivity contribution in [2.45, 2.75) is 18.3 Å². The van der Waals surface area contributed by atoms with Crippen LogP contribution in [-0.2, 0) is 10.2 Å². The summed E-state index contributed by atoms with van der Waals surface area (Å²) in [7, 11) is 0. The molecule has 3 fully saturated rings. The van der Waals surface area contributed by atoms with Crippen molar-refractivity contribution in [1.29, 1.82) is 0 Å². The van der Waals surface area contributed by atoms with Gasteiger partial charge in [0.15, 0.2) is 0 Å². The van der Waals surface area contributed by atoms with Crippen molar-refractivity contribution in [2.24, 2.45) is 11.8 Å². The van der Waals surface area contributed by atoms with Gasteiger partial charge in [-0.05, 0) is 30.5 Å². The van der Waals surface area contributed by atoms with Crippen LogP contribution in [0.25, 0.3) is 0 Å². The van der Waals surface area contributed by atoms with Gasteiger partial charge in [-0.1, -0.05) is 12.1 Å². The topological polar surface area (TPSA) is 89.3 Å². The molecule has 1 aromatic heterocycles. The lowest BCUT2D eigenvalue weighted by Gasteiger charge is -2.26. The molecular formula is C20H21FN4O3. The van der Waals surface area contributed by atoms with Gasteiger partial charge in [-0.3, -0.25) is 19.6 Å². The van der Waals surface area contributed by atoms with E-state index in [2.05, 4.69) is 9.97 Å². The third-order valence-electron chi connectivity index (χ3n) is 6.42. The number of amides is 1. The Kier molecular flexibility index (Phi) is 3.72. The average molecular weight is 384 g/mol. The van der Waals surface area contributed by atoms with E-state index in [0.29, 0.717) is 43.8 Å². The fourth-order valence-corrected chi connectivity index (χ4v) is 4.80. The summed E-state index contributed by atoms with van der Waals surface area (Å²) in [5.41, 5.74) is -0.503. The number of aromatic nitrogens is 2. The summed E-state index contributed by atoms with van der Waals surface area (Å²) in [6, 6.07) is 7.69. The number of H-pyrrole nitrogens is 2. The molecular weight excluding hydrogens is 363 g/mol. The Bertz CT molecular complexity index is 998.